The molecule has 2 aromatic carbocycles. The summed E-state index contributed by atoms with van der Waals surface area (Å²) in [5.41, 5.74) is 7.55. The SMILES string of the molecule is CC1(C)C(c2nc3cc(CN4CC[C@@H](C(=O)O)C4)cc(C#N)c3o2)=CC=CC1c1cccc(Nc2nc(C3CC3)nc3cc(CN4CC[C@@H](O)C4)cnc23)c1. The Morgan fingerprint density at radius 3 is 2.56 bits per heavy atom. The maximum absolute atomic E-state index is 11.5. The number of likely N-dealkylation sites (tertiary alicyclic amines) is 2. The lowest BCUT2D eigenvalue weighted by atomic mass is 9.67. The Labute approximate surface area is 319 Å². The van der Waals surface area contributed by atoms with E-state index >= 15 is 0 Å². The van der Waals surface area contributed by atoms with E-state index in [0.29, 0.717) is 66.9 Å². The van der Waals surface area contributed by atoms with E-state index in [2.05, 4.69) is 65.4 Å². The van der Waals surface area contributed by atoms with Crippen LogP contribution in [0.4, 0.5) is 11.5 Å². The highest BCUT2D eigenvalue weighted by molar-refractivity contribution is 5.88. The Hall–Kier alpha value is -5.48. The molecular formula is C43H44N8O4. The molecule has 280 valence electrons. The van der Waals surface area contributed by atoms with Crippen molar-refractivity contribution >= 4 is 45.2 Å². The van der Waals surface area contributed by atoms with Crippen molar-refractivity contribution in [1.82, 2.24) is 29.7 Å². The smallest absolute Gasteiger partial charge is 0.307 e. The Kier molecular flexibility index (Phi) is 8.96. The predicted octanol–water partition coefficient (Wildman–Crippen LogP) is 6.89. The average Bonchev–Trinajstić information content (AvgIpc) is 3.53. The van der Waals surface area contributed by atoms with Gasteiger partial charge < -0.3 is 19.9 Å². The predicted molar refractivity (Wildman–Crippen MR) is 208 cm³/mol. The number of aliphatic carboxylic acids is 1. The van der Waals surface area contributed by atoms with Crippen molar-refractivity contribution in [3.05, 3.63) is 101 Å². The summed E-state index contributed by atoms with van der Waals surface area (Å²) in [6, 6.07) is 16.6. The Bertz CT molecular complexity index is 2430. The maximum atomic E-state index is 11.5. The van der Waals surface area contributed by atoms with Gasteiger partial charge >= 0.3 is 5.97 Å². The highest BCUT2D eigenvalue weighted by atomic mass is 16.4. The maximum Gasteiger partial charge on any atom is 0.307 e. The number of hydrogen-bond donors (Lipinski definition) is 3. The van der Waals surface area contributed by atoms with Gasteiger partial charge in [-0.3, -0.25) is 19.6 Å². The second-order valence-corrected chi connectivity index (χ2v) is 16.2. The summed E-state index contributed by atoms with van der Waals surface area (Å²) < 4.78 is 6.38. The molecule has 12 heteroatoms. The minimum atomic E-state index is -0.764. The molecule has 3 N–H and O–H groups in total. The quantitative estimate of drug-likeness (QED) is 0.136. The van der Waals surface area contributed by atoms with Crippen LogP contribution in [0.3, 0.4) is 0 Å². The van der Waals surface area contributed by atoms with E-state index in [1.165, 1.54) is 0 Å². The zero-order chi connectivity index (χ0) is 37.8. The van der Waals surface area contributed by atoms with Crippen molar-refractivity contribution in [2.24, 2.45) is 11.3 Å². The van der Waals surface area contributed by atoms with Gasteiger partial charge in [0, 0.05) is 67.4 Å². The van der Waals surface area contributed by atoms with Gasteiger partial charge in [0.05, 0.1) is 23.1 Å². The third-order valence-electron chi connectivity index (χ3n) is 11.7. The van der Waals surface area contributed by atoms with Crippen LogP contribution in [0, 0.1) is 22.7 Å². The lowest BCUT2D eigenvalue weighted by molar-refractivity contribution is -0.141. The van der Waals surface area contributed by atoms with E-state index in [9.17, 15) is 20.3 Å². The number of oxazole rings is 1. The number of aromatic nitrogens is 4. The topological polar surface area (TPSA) is 165 Å². The van der Waals surface area contributed by atoms with Crippen LogP contribution >= 0.6 is 0 Å². The largest absolute Gasteiger partial charge is 0.481 e. The molecule has 3 fully saturated rings. The van der Waals surface area contributed by atoms with Crippen LogP contribution in [0.1, 0.15) is 85.3 Å². The molecule has 4 aliphatic rings. The molecule has 0 radical (unpaired) electrons. The first-order chi connectivity index (χ1) is 26.6. The van der Waals surface area contributed by atoms with Gasteiger partial charge in [0.1, 0.15) is 22.9 Å². The summed E-state index contributed by atoms with van der Waals surface area (Å²) in [7, 11) is 0. The van der Waals surface area contributed by atoms with Gasteiger partial charge in [-0.25, -0.2) is 15.0 Å². The number of carboxylic acids is 1. The first-order valence-electron chi connectivity index (χ1n) is 19.2. The van der Waals surface area contributed by atoms with Crippen LogP contribution in [0.15, 0.2) is 71.3 Å². The monoisotopic (exact) mass is 736 g/mol. The summed E-state index contributed by atoms with van der Waals surface area (Å²) in [5, 5.41) is 33.1. The van der Waals surface area contributed by atoms with E-state index in [1.807, 2.05) is 36.5 Å². The molecular weight excluding hydrogens is 693 g/mol. The van der Waals surface area contributed by atoms with Crippen molar-refractivity contribution in [1.29, 1.82) is 5.26 Å². The highest BCUT2D eigenvalue weighted by Crippen LogP contribution is 2.50. The molecule has 1 saturated carbocycles. The molecule has 0 spiro atoms. The second-order valence-electron chi connectivity index (χ2n) is 16.2. The van der Waals surface area contributed by atoms with Gasteiger partial charge in [0.2, 0.25) is 5.89 Å². The lowest BCUT2D eigenvalue weighted by Gasteiger charge is -2.36. The van der Waals surface area contributed by atoms with Crippen molar-refractivity contribution in [3.8, 4) is 6.07 Å². The number of nitrogens with one attached hydrogen (secondary N) is 1. The minimum Gasteiger partial charge on any atom is -0.481 e. The number of carboxylic acid groups (broad SMARTS) is 1. The summed E-state index contributed by atoms with van der Waals surface area (Å²) in [6.07, 6.45) is 11.5. The Morgan fingerprint density at radius 2 is 1.80 bits per heavy atom. The van der Waals surface area contributed by atoms with E-state index in [4.69, 9.17) is 24.4 Å². The molecule has 12 nitrogen and oxygen atoms in total. The summed E-state index contributed by atoms with van der Waals surface area (Å²) in [4.78, 5) is 35.6. The third kappa shape index (κ3) is 6.99. The van der Waals surface area contributed by atoms with Crippen LogP contribution in [-0.2, 0) is 17.9 Å². The summed E-state index contributed by atoms with van der Waals surface area (Å²) >= 11 is 0. The summed E-state index contributed by atoms with van der Waals surface area (Å²) in [5.74, 6) is 1.25. The van der Waals surface area contributed by atoms with Crippen molar-refractivity contribution in [2.45, 2.75) is 70.6 Å². The zero-order valence-corrected chi connectivity index (χ0v) is 31.1. The molecule has 5 heterocycles. The van der Waals surface area contributed by atoms with Gasteiger partial charge in [0.15, 0.2) is 11.4 Å². The van der Waals surface area contributed by atoms with Gasteiger partial charge in [-0.05, 0) is 79.3 Å². The molecule has 2 aliphatic heterocycles. The van der Waals surface area contributed by atoms with Gasteiger partial charge in [-0.15, -0.1) is 0 Å². The van der Waals surface area contributed by atoms with Crippen LogP contribution in [0.25, 0.3) is 27.7 Å². The fourth-order valence-corrected chi connectivity index (χ4v) is 8.51. The second kappa shape index (κ2) is 14.0. The molecule has 0 bridgehead atoms. The number of β-amino-alcohol motifs (C(OH)–C–C–N with tert-alkyl or cyclic N) is 1. The molecule has 1 unspecified atom stereocenters. The lowest BCUT2D eigenvalue weighted by Crippen LogP contribution is -2.24. The van der Waals surface area contributed by atoms with Crippen LogP contribution in [0.5, 0.6) is 0 Å². The molecule has 9 rings (SSSR count). The van der Waals surface area contributed by atoms with E-state index in [0.717, 1.165) is 77.2 Å². The average molecular weight is 737 g/mol. The Morgan fingerprint density at radius 1 is 1.00 bits per heavy atom. The molecule has 3 aromatic heterocycles. The van der Waals surface area contributed by atoms with Crippen LogP contribution < -0.4 is 5.32 Å². The molecule has 2 aliphatic carbocycles. The number of allylic oxidation sites excluding steroid dienone is 4. The number of carbonyl (C=O) groups is 1. The Balaban J connectivity index is 0.971. The normalized spacial score (nSPS) is 22.7. The van der Waals surface area contributed by atoms with Crippen molar-refractivity contribution < 1.29 is 19.4 Å². The van der Waals surface area contributed by atoms with E-state index in [1.54, 1.807) is 0 Å². The molecule has 3 atom stereocenters. The van der Waals surface area contributed by atoms with Crippen molar-refractivity contribution in [3.63, 3.8) is 0 Å². The fourth-order valence-electron chi connectivity index (χ4n) is 8.51. The number of aliphatic hydroxyl groups excluding tert-OH is 1. The molecule has 55 heavy (non-hydrogen) atoms. The van der Waals surface area contributed by atoms with E-state index in [-0.39, 0.29) is 17.9 Å². The number of nitriles is 1. The number of pyridine rings is 1. The van der Waals surface area contributed by atoms with Gasteiger partial charge in [-0.1, -0.05) is 44.2 Å². The highest BCUT2D eigenvalue weighted by Gasteiger charge is 2.38. The zero-order valence-electron chi connectivity index (χ0n) is 31.1. The number of anilines is 2. The first kappa shape index (κ1) is 35.2. The van der Waals surface area contributed by atoms with E-state index < -0.39 is 11.4 Å². The number of fused-ring (bicyclic) bond motifs is 2. The molecule has 5 aromatic rings. The number of nitrogens with zero attached hydrogens (tertiary/aromatic N) is 7. The number of hydrogen-bond acceptors (Lipinski definition) is 11. The van der Waals surface area contributed by atoms with Crippen LogP contribution in [-0.4, -0.2) is 78.2 Å². The van der Waals surface area contributed by atoms with Gasteiger partial charge in [-0.2, -0.15) is 5.26 Å². The standard InChI is InChI=1S/C43H44N8O4/c1-43(2)33(7-4-8-34(43)41-48-36-16-25(15-30(19-44)38(36)55-41)21-50-13-11-29(23-50)42(53)54)28-5-3-6-31(18-28)46-40-37-35(47-39(49-40)27-9-10-27)17-26(20-45-37)22-51-14-12-32(52)24-51/h3-8,15-18,20,27,29,32-33,52H,9-14,21-24H2,1-2H3,(H,53,54)(H,46,47,49)/t29-,32-,33?/m1/s1. The fraction of sp³-hybridized carbons (Fsp3) is 0.395. The molecule has 0 amide bonds. The first-order valence-corrected chi connectivity index (χ1v) is 19.2. The molecule has 2 saturated heterocycles. The van der Waals surface area contributed by atoms with Crippen LogP contribution in [0.2, 0.25) is 0 Å². The summed E-state index contributed by atoms with van der Waals surface area (Å²) in [6.45, 7) is 8.41. The van der Waals surface area contributed by atoms with Crippen molar-refractivity contribution in [2.75, 3.05) is 31.5 Å². The number of benzene rings is 2. The number of rotatable bonds is 10. The third-order valence-corrected chi connectivity index (χ3v) is 11.7. The number of aliphatic hydroxyl groups is 1. The van der Waals surface area contributed by atoms with Gasteiger partial charge in [0.25, 0.3) is 0 Å². The minimum absolute atomic E-state index is 0.0124.